The van der Waals surface area contributed by atoms with Crippen LogP contribution in [-0.4, -0.2) is 4.57 Å². The molecule has 0 unspecified atom stereocenters. The van der Waals surface area contributed by atoms with E-state index in [-0.39, 0.29) is 11.1 Å². The molecular weight excluding hydrogens is 268 g/mol. The number of hydrogen-bond acceptors (Lipinski definition) is 2. The van der Waals surface area contributed by atoms with Crippen LogP contribution in [0.5, 0.6) is 0 Å². The van der Waals surface area contributed by atoms with Gasteiger partial charge < -0.3 is 4.57 Å². The number of aromatic nitrogens is 1. The van der Waals surface area contributed by atoms with Gasteiger partial charge in [-0.1, -0.05) is 15.9 Å². The topological polar surface area (TPSA) is 45.8 Å². The molecule has 2 rings (SSSR count). The normalized spacial score (nSPS) is 10.4. The first-order valence-electron chi connectivity index (χ1n) is 4.75. The molecule has 0 spiro atoms. The molecular formula is C12H9BrN2O. The molecule has 0 aliphatic carbocycles. The quantitative estimate of drug-likeness (QED) is 0.742. The molecule has 0 aliphatic rings. The Bertz CT molecular complexity index is 680. The first-order valence-corrected chi connectivity index (χ1v) is 5.54. The third-order valence-electron chi connectivity index (χ3n) is 2.73. The molecule has 0 fully saturated rings. The van der Waals surface area contributed by atoms with Crippen molar-refractivity contribution < 1.29 is 0 Å². The molecule has 1 aromatic carbocycles. The Morgan fingerprint density at radius 1 is 1.44 bits per heavy atom. The Hall–Kier alpha value is -1.60. The summed E-state index contributed by atoms with van der Waals surface area (Å²) in [5.41, 5.74) is 1.55. The number of halogens is 1. The molecule has 0 saturated carbocycles. The van der Waals surface area contributed by atoms with Crippen molar-refractivity contribution in [1.29, 1.82) is 5.26 Å². The molecule has 4 heteroatoms. The lowest BCUT2D eigenvalue weighted by Crippen LogP contribution is -2.21. The SMILES string of the molecule is Cc1c(C#N)c(=O)n(C)c2ccc(Br)cc12. The number of nitriles is 1. The molecule has 80 valence electrons. The zero-order valence-electron chi connectivity index (χ0n) is 8.91. The maximum Gasteiger partial charge on any atom is 0.268 e. The minimum Gasteiger partial charge on any atom is -0.310 e. The monoisotopic (exact) mass is 276 g/mol. The summed E-state index contributed by atoms with van der Waals surface area (Å²) < 4.78 is 2.44. The molecule has 0 amide bonds. The summed E-state index contributed by atoms with van der Waals surface area (Å²) in [4.78, 5) is 11.8. The van der Waals surface area contributed by atoms with Gasteiger partial charge in [-0.2, -0.15) is 5.26 Å². The molecule has 0 radical (unpaired) electrons. The van der Waals surface area contributed by atoms with E-state index in [1.807, 2.05) is 24.3 Å². The lowest BCUT2D eigenvalue weighted by molar-refractivity contribution is 0.897. The van der Waals surface area contributed by atoms with E-state index < -0.39 is 0 Å². The Morgan fingerprint density at radius 2 is 2.12 bits per heavy atom. The average molecular weight is 277 g/mol. The average Bonchev–Trinajstić information content (AvgIpc) is 2.27. The van der Waals surface area contributed by atoms with E-state index >= 15 is 0 Å². The van der Waals surface area contributed by atoms with Crippen molar-refractivity contribution >= 4 is 26.8 Å². The summed E-state index contributed by atoms with van der Waals surface area (Å²) >= 11 is 3.39. The minimum atomic E-state index is -0.241. The number of benzene rings is 1. The number of hydrogen-bond donors (Lipinski definition) is 0. The number of rotatable bonds is 0. The van der Waals surface area contributed by atoms with Crippen LogP contribution >= 0.6 is 15.9 Å². The molecule has 2 aromatic rings. The van der Waals surface area contributed by atoms with Crippen molar-refractivity contribution in [3.05, 3.63) is 44.2 Å². The highest BCUT2D eigenvalue weighted by atomic mass is 79.9. The molecule has 0 atom stereocenters. The molecule has 0 aliphatic heterocycles. The van der Waals surface area contributed by atoms with Gasteiger partial charge in [0.1, 0.15) is 11.6 Å². The van der Waals surface area contributed by atoms with Gasteiger partial charge in [0.05, 0.1) is 5.52 Å². The highest BCUT2D eigenvalue weighted by Gasteiger charge is 2.11. The van der Waals surface area contributed by atoms with Crippen molar-refractivity contribution in [1.82, 2.24) is 4.57 Å². The molecule has 16 heavy (non-hydrogen) atoms. The molecule has 1 heterocycles. The maximum absolute atomic E-state index is 11.8. The zero-order chi connectivity index (χ0) is 11.9. The van der Waals surface area contributed by atoms with Crippen LogP contribution in [0.3, 0.4) is 0 Å². The van der Waals surface area contributed by atoms with Gasteiger partial charge in [-0.15, -0.1) is 0 Å². The van der Waals surface area contributed by atoms with E-state index in [1.54, 1.807) is 14.0 Å². The Kier molecular flexibility index (Phi) is 2.56. The lowest BCUT2D eigenvalue weighted by atomic mass is 10.1. The van der Waals surface area contributed by atoms with Crippen LogP contribution < -0.4 is 5.56 Å². The van der Waals surface area contributed by atoms with Crippen molar-refractivity contribution in [2.75, 3.05) is 0 Å². The van der Waals surface area contributed by atoms with Gasteiger partial charge >= 0.3 is 0 Å². The van der Waals surface area contributed by atoms with E-state index in [1.165, 1.54) is 4.57 Å². The third kappa shape index (κ3) is 1.44. The Morgan fingerprint density at radius 3 is 2.75 bits per heavy atom. The second kappa shape index (κ2) is 3.76. The van der Waals surface area contributed by atoms with Crippen LogP contribution in [0.2, 0.25) is 0 Å². The summed E-state index contributed by atoms with van der Waals surface area (Å²) in [6, 6.07) is 7.64. The van der Waals surface area contributed by atoms with Crippen LogP contribution in [0, 0.1) is 18.3 Å². The number of pyridine rings is 1. The van der Waals surface area contributed by atoms with Gasteiger partial charge in [0, 0.05) is 16.9 Å². The van der Waals surface area contributed by atoms with Gasteiger partial charge in [-0.25, -0.2) is 0 Å². The number of fused-ring (bicyclic) bond motifs is 1. The van der Waals surface area contributed by atoms with Crippen molar-refractivity contribution in [2.24, 2.45) is 7.05 Å². The van der Waals surface area contributed by atoms with E-state index in [9.17, 15) is 4.79 Å². The van der Waals surface area contributed by atoms with Gasteiger partial charge in [-0.05, 0) is 30.7 Å². The summed E-state index contributed by atoms with van der Waals surface area (Å²) in [5.74, 6) is 0. The van der Waals surface area contributed by atoms with Crippen molar-refractivity contribution in [3.8, 4) is 6.07 Å². The van der Waals surface area contributed by atoms with Crippen LogP contribution in [0.4, 0.5) is 0 Å². The minimum absolute atomic E-state index is 0.216. The molecule has 0 saturated heterocycles. The maximum atomic E-state index is 11.8. The second-order valence-corrected chi connectivity index (χ2v) is 4.55. The van der Waals surface area contributed by atoms with Crippen LogP contribution in [-0.2, 0) is 7.05 Å². The predicted molar refractivity (Wildman–Crippen MR) is 66.3 cm³/mol. The van der Waals surface area contributed by atoms with E-state index in [0.717, 1.165) is 20.9 Å². The number of aryl methyl sites for hydroxylation is 2. The van der Waals surface area contributed by atoms with E-state index in [2.05, 4.69) is 15.9 Å². The fraction of sp³-hybridized carbons (Fsp3) is 0.167. The fourth-order valence-electron chi connectivity index (χ4n) is 1.80. The predicted octanol–water partition coefficient (Wildman–Crippen LogP) is 2.48. The molecule has 3 nitrogen and oxygen atoms in total. The number of nitrogens with zero attached hydrogens (tertiary/aromatic N) is 2. The summed E-state index contributed by atoms with van der Waals surface area (Å²) in [6.07, 6.45) is 0. The van der Waals surface area contributed by atoms with Crippen molar-refractivity contribution in [2.45, 2.75) is 6.92 Å². The Balaban J connectivity index is 3.10. The van der Waals surface area contributed by atoms with Crippen LogP contribution in [0.15, 0.2) is 27.5 Å². The Labute approximate surface area is 101 Å². The summed E-state index contributed by atoms with van der Waals surface area (Å²) in [7, 11) is 1.68. The molecule has 0 N–H and O–H groups in total. The molecule has 0 bridgehead atoms. The lowest BCUT2D eigenvalue weighted by Gasteiger charge is -2.09. The fourth-order valence-corrected chi connectivity index (χ4v) is 2.17. The van der Waals surface area contributed by atoms with Crippen LogP contribution in [0.1, 0.15) is 11.1 Å². The summed E-state index contributed by atoms with van der Waals surface area (Å²) in [6.45, 7) is 1.80. The smallest absolute Gasteiger partial charge is 0.268 e. The zero-order valence-corrected chi connectivity index (χ0v) is 10.5. The van der Waals surface area contributed by atoms with Gasteiger partial charge in [0.25, 0.3) is 5.56 Å². The first kappa shape index (κ1) is 10.9. The standard InChI is InChI=1S/C12H9BrN2O/c1-7-9-5-8(13)3-4-11(9)15(2)12(16)10(7)6-14/h3-5H,1-2H3. The molecule has 1 aromatic heterocycles. The van der Waals surface area contributed by atoms with Gasteiger partial charge in [-0.3, -0.25) is 4.79 Å². The van der Waals surface area contributed by atoms with Crippen LogP contribution in [0.25, 0.3) is 10.9 Å². The van der Waals surface area contributed by atoms with E-state index in [0.29, 0.717) is 0 Å². The highest BCUT2D eigenvalue weighted by Crippen LogP contribution is 2.22. The van der Waals surface area contributed by atoms with Gasteiger partial charge in [0.2, 0.25) is 0 Å². The van der Waals surface area contributed by atoms with E-state index in [4.69, 9.17) is 5.26 Å². The second-order valence-electron chi connectivity index (χ2n) is 3.64. The third-order valence-corrected chi connectivity index (χ3v) is 3.22. The largest absolute Gasteiger partial charge is 0.310 e. The first-order chi connectivity index (χ1) is 7.56. The van der Waals surface area contributed by atoms with Gasteiger partial charge in [0.15, 0.2) is 0 Å². The summed E-state index contributed by atoms with van der Waals surface area (Å²) in [5, 5.41) is 9.90. The highest BCUT2D eigenvalue weighted by molar-refractivity contribution is 9.10. The van der Waals surface area contributed by atoms with Crippen molar-refractivity contribution in [3.63, 3.8) is 0 Å².